The Morgan fingerprint density at radius 2 is 1.97 bits per heavy atom. The van der Waals surface area contributed by atoms with E-state index < -0.39 is 0 Å². The fraction of sp³-hybridized carbons (Fsp3) is 0.440. The molecule has 6 heteroatoms. The van der Waals surface area contributed by atoms with Crippen LogP contribution in [0.2, 0.25) is 0 Å². The number of aryl methyl sites for hydroxylation is 1. The van der Waals surface area contributed by atoms with Gasteiger partial charge in [0.25, 0.3) is 5.91 Å². The Kier molecular flexibility index (Phi) is 5.92. The van der Waals surface area contributed by atoms with Gasteiger partial charge in [0.1, 0.15) is 5.00 Å². The zero-order valence-electron chi connectivity index (χ0n) is 18.0. The molecule has 1 amide bonds. The van der Waals surface area contributed by atoms with E-state index in [1.165, 1.54) is 47.3 Å². The summed E-state index contributed by atoms with van der Waals surface area (Å²) in [5.41, 5.74) is 4.00. The van der Waals surface area contributed by atoms with Crippen molar-refractivity contribution in [2.45, 2.75) is 51.5 Å². The van der Waals surface area contributed by atoms with Crippen LogP contribution in [0, 0.1) is 5.92 Å². The number of pyridine rings is 1. The van der Waals surface area contributed by atoms with Crippen molar-refractivity contribution in [3.8, 4) is 0 Å². The number of furan rings is 1. The topological polar surface area (TPSA) is 58.4 Å². The number of carbonyl (C=O) groups is 1. The van der Waals surface area contributed by atoms with Gasteiger partial charge in [-0.1, -0.05) is 6.92 Å². The van der Waals surface area contributed by atoms with Crippen molar-refractivity contribution < 1.29 is 9.21 Å². The van der Waals surface area contributed by atoms with Crippen molar-refractivity contribution in [2.24, 2.45) is 5.92 Å². The van der Waals surface area contributed by atoms with Crippen LogP contribution in [0.4, 0.5) is 5.00 Å². The minimum atomic E-state index is -0.175. The summed E-state index contributed by atoms with van der Waals surface area (Å²) in [6.45, 7) is 4.49. The van der Waals surface area contributed by atoms with E-state index in [1.54, 1.807) is 29.7 Å². The number of likely N-dealkylation sites (tertiary alicyclic amines) is 1. The average molecular weight is 436 g/mol. The highest BCUT2D eigenvalue weighted by Crippen LogP contribution is 2.46. The van der Waals surface area contributed by atoms with Crippen LogP contribution in [-0.4, -0.2) is 28.9 Å². The first-order valence-electron chi connectivity index (χ1n) is 11.3. The van der Waals surface area contributed by atoms with Crippen LogP contribution >= 0.6 is 11.3 Å². The van der Waals surface area contributed by atoms with Gasteiger partial charge in [-0.3, -0.25) is 14.7 Å². The molecule has 0 saturated carbocycles. The molecule has 4 heterocycles. The van der Waals surface area contributed by atoms with Gasteiger partial charge in [0.2, 0.25) is 0 Å². The Bertz CT molecular complexity index is 1020. The Morgan fingerprint density at radius 3 is 2.71 bits per heavy atom. The van der Waals surface area contributed by atoms with Gasteiger partial charge in [0, 0.05) is 22.8 Å². The van der Waals surface area contributed by atoms with E-state index in [0.29, 0.717) is 5.76 Å². The van der Waals surface area contributed by atoms with Crippen LogP contribution in [0.15, 0.2) is 47.3 Å². The zero-order chi connectivity index (χ0) is 21.2. The maximum atomic E-state index is 12.9. The third-order valence-electron chi connectivity index (χ3n) is 6.66. The Labute approximate surface area is 187 Å². The number of amides is 1. The first-order valence-corrected chi connectivity index (χ1v) is 12.2. The van der Waals surface area contributed by atoms with Crippen molar-refractivity contribution in [1.82, 2.24) is 9.88 Å². The van der Waals surface area contributed by atoms with E-state index >= 15 is 0 Å². The lowest BCUT2D eigenvalue weighted by Gasteiger charge is -2.38. The molecule has 3 aromatic rings. The molecule has 0 unspecified atom stereocenters. The summed E-state index contributed by atoms with van der Waals surface area (Å²) in [6.07, 6.45) is 12.4. The van der Waals surface area contributed by atoms with Crippen LogP contribution in [0.3, 0.4) is 0 Å². The smallest absolute Gasteiger partial charge is 0.291 e. The second-order valence-corrected chi connectivity index (χ2v) is 9.89. The lowest BCUT2D eigenvalue weighted by atomic mass is 9.87. The van der Waals surface area contributed by atoms with Gasteiger partial charge >= 0.3 is 0 Å². The molecule has 2 aliphatic rings. The number of hydrogen-bond donors (Lipinski definition) is 1. The fourth-order valence-electron chi connectivity index (χ4n) is 4.94. The highest BCUT2D eigenvalue weighted by atomic mass is 32.1. The van der Waals surface area contributed by atoms with Gasteiger partial charge in [0.15, 0.2) is 5.76 Å². The molecule has 31 heavy (non-hydrogen) atoms. The summed E-state index contributed by atoms with van der Waals surface area (Å²) in [5.74, 6) is 0.944. The normalized spacial score (nSPS) is 18.5. The lowest BCUT2D eigenvalue weighted by Crippen LogP contribution is -2.37. The minimum absolute atomic E-state index is 0.139. The molecule has 1 atom stereocenters. The van der Waals surface area contributed by atoms with E-state index in [-0.39, 0.29) is 11.9 Å². The summed E-state index contributed by atoms with van der Waals surface area (Å²) < 4.78 is 5.36. The van der Waals surface area contributed by atoms with Gasteiger partial charge in [0.05, 0.1) is 12.3 Å². The van der Waals surface area contributed by atoms with E-state index in [4.69, 9.17) is 4.42 Å². The Hall–Kier alpha value is -2.44. The standard InChI is InChI=1S/C25H29N3O2S/c1-17-10-14-28(15-11-17)23(18-8-12-26-13-9-18)22-19-5-2-3-7-21(19)31-25(22)27-24(29)20-6-4-16-30-20/h4,6,8-9,12-13,16-17,23H,2-3,5,7,10-11,14-15H2,1H3,(H,27,29)/t23-/m1/s1. The van der Waals surface area contributed by atoms with Gasteiger partial charge < -0.3 is 9.73 Å². The van der Waals surface area contributed by atoms with Crippen molar-refractivity contribution in [1.29, 1.82) is 0 Å². The van der Waals surface area contributed by atoms with E-state index in [2.05, 4.69) is 34.3 Å². The molecule has 1 aliphatic carbocycles. The number of fused-ring (bicyclic) bond motifs is 1. The maximum Gasteiger partial charge on any atom is 0.291 e. The monoisotopic (exact) mass is 435 g/mol. The maximum absolute atomic E-state index is 12.9. The van der Waals surface area contributed by atoms with Crippen LogP contribution < -0.4 is 5.32 Å². The van der Waals surface area contributed by atoms with E-state index in [0.717, 1.165) is 36.9 Å². The third-order valence-corrected chi connectivity index (χ3v) is 7.89. The highest BCUT2D eigenvalue weighted by Gasteiger charge is 2.33. The second kappa shape index (κ2) is 8.97. The van der Waals surface area contributed by atoms with Crippen molar-refractivity contribution in [2.75, 3.05) is 18.4 Å². The number of hydrogen-bond acceptors (Lipinski definition) is 5. The number of aromatic nitrogens is 1. The quantitative estimate of drug-likeness (QED) is 0.559. The van der Waals surface area contributed by atoms with E-state index in [9.17, 15) is 4.79 Å². The molecule has 3 aromatic heterocycles. The van der Waals surface area contributed by atoms with Gasteiger partial charge in [-0.25, -0.2) is 0 Å². The first-order chi connectivity index (χ1) is 15.2. The van der Waals surface area contributed by atoms with Gasteiger partial charge in [-0.05, 0) is 92.9 Å². The summed E-state index contributed by atoms with van der Waals surface area (Å²) in [4.78, 5) is 21.2. The first kappa shape index (κ1) is 20.5. The molecule has 162 valence electrons. The van der Waals surface area contributed by atoms with Crippen molar-refractivity contribution in [3.05, 3.63) is 70.3 Å². The molecule has 1 fully saturated rings. The molecule has 0 spiro atoms. The Balaban J connectivity index is 1.59. The van der Waals surface area contributed by atoms with Crippen LogP contribution in [0.25, 0.3) is 0 Å². The summed E-state index contributed by atoms with van der Waals surface area (Å²) in [5, 5.41) is 4.19. The molecule has 1 aliphatic heterocycles. The average Bonchev–Trinajstić information content (AvgIpc) is 3.45. The number of carbonyl (C=O) groups excluding carboxylic acids is 1. The fourth-order valence-corrected chi connectivity index (χ4v) is 6.25. The summed E-state index contributed by atoms with van der Waals surface area (Å²) in [6, 6.07) is 7.88. The van der Waals surface area contributed by atoms with Crippen LogP contribution in [0.5, 0.6) is 0 Å². The minimum Gasteiger partial charge on any atom is -0.459 e. The van der Waals surface area contributed by atoms with Crippen LogP contribution in [-0.2, 0) is 12.8 Å². The predicted octanol–water partition coefficient (Wildman–Crippen LogP) is 5.69. The molecule has 1 saturated heterocycles. The van der Waals surface area contributed by atoms with Crippen LogP contribution in [0.1, 0.15) is 70.8 Å². The Morgan fingerprint density at radius 1 is 1.19 bits per heavy atom. The number of nitrogens with one attached hydrogen (secondary N) is 1. The van der Waals surface area contributed by atoms with Gasteiger partial charge in [-0.2, -0.15) is 0 Å². The molecular weight excluding hydrogens is 406 g/mol. The summed E-state index contributed by atoms with van der Waals surface area (Å²) >= 11 is 1.76. The molecule has 0 bridgehead atoms. The number of piperidine rings is 1. The largest absolute Gasteiger partial charge is 0.459 e. The predicted molar refractivity (Wildman–Crippen MR) is 124 cm³/mol. The van der Waals surface area contributed by atoms with E-state index in [1.807, 2.05) is 12.4 Å². The lowest BCUT2D eigenvalue weighted by molar-refractivity contribution is 0.0996. The molecule has 5 nitrogen and oxygen atoms in total. The molecule has 0 radical (unpaired) electrons. The molecular formula is C25H29N3O2S. The zero-order valence-corrected chi connectivity index (χ0v) is 18.8. The van der Waals surface area contributed by atoms with Gasteiger partial charge in [-0.15, -0.1) is 11.3 Å². The highest BCUT2D eigenvalue weighted by molar-refractivity contribution is 7.16. The number of anilines is 1. The second-order valence-electron chi connectivity index (χ2n) is 8.79. The molecule has 5 rings (SSSR count). The molecule has 0 aromatic carbocycles. The number of nitrogens with zero attached hydrogens (tertiary/aromatic N) is 2. The summed E-state index contributed by atoms with van der Waals surface area (Å²) in [7, 11) is 0. The molecule has 1 N–H and O–H groups in total. The number of thiophene rings is 1. The SMILES string of the molecule is CC1CCN([C@H](c2ccncc2)c2c(NC(=O)c3ccco3)sc3c2CCCC3)CC1. The number of rotatable bonds is 5. The van der Waals surface area contributed by atoms with Crippen molar-refractivity contribution in [3.63, 3.8) is 0 Å². The van der Waals surface area contributed by atoms with Crippen molar-refractivity contribution >= 4 is 22.2 Å². The third kappa shape index (κ3) is 4.19.